The van der Waals surface area contributed by atoms with Gasteiger partial charge in [-0.05, 0) is 12.1 Å². The number of halogens is 1. The second-order valence-electron chi connectivity index (χ2n) is 2.89. The molecule has 0 aliphatic heterocycles. The second-order valence-corrected chi connectivity index (χ2v) is 3.82. The molecular formula is C10H9FN2OS. The van der Waals surface area contributed by atoms with E-state index >= 15 is 0 Å². The van der Waals surface area contributed by atoms with Gasteiger partial charge in [0, 0.05) is 17.0 Å². The molecule has 3 nitrogen and oxygen atoms in total. The van der Waals surface area contributed by atoms with E-state index in [1.54, 1.807) is 18.3 Å². The van der Waals surface area contributed by atoms with Crippen LogP contribution in [0.1, 0.15) is 5.56 Å². The van der Waals surface area contributed by atoms with Crippen LogP contribution in [0.4, 0.5) is 10.1 Å². The average Bonchev–Trinajstić information content (AvgIpc) is 2.70. The van der Waals surface area contributed by atoms with Crippen LogP contribution in [0.5, 0.6) is 0 Å². The summed E-state index contributed by atoms with van der Waals surface area (Å²) in [4.78, 5) is 3.92. The van der Waals surface area contributed by atoms with E-state index in [1.165, 1.54) is 24.1 Å². The van der Waals surface area contributed by atoms with Crippen LogP contribution in [0.3, 0.4) is 0 Å². The number of hydrogen-bond acceptors (Lipinski definition) is 4. The Morgan fingerprint density at radius 1 is 1.47 bits per heavy atom. The van der Waals surface area contributed by atoms with E-state index in [0.717, 1.165) is 0 Å². The monoisotopic (exact) mass is 224 g/mol. The lowest BCUT2D eigenvalue weighted by atomic mass is 10.2. The summed E-state index contributed by atoms with van der Waals surface area (Å²) in [6.07, 6.45) is 3.03. The number of oxazole rings is 1. The number of nitrogens with two attached hydrogens (primary N) is 1. The van der Waals surface area contributed by atoms with E-state index in [0.29, 0.717) is 22.2 Å². The van der Waals surface area contributed by atoms with Crippen LogP contribution >= 0.6 is 11.8 Å². The van der Waals surface area contributed by atoms with Crippen molar-refractivity contribution in [2.24, 2.45) is 0 Å². The highest BCUT2D eigenvalue weighted by Crippen LogP contribution is 2.25. The molecule has 15 heavy (non-hydrogen) atoms. The molecule has 0 saturated carbocycles. The van der Waals surface area contributed by atoms with Gasteiger partial charge in [0.25, 0.3) is 5.22 Å². The van der Waals surface area contributed by atoms with Crippen molar-refractivity contribution in [1.29, 1.82) is 0 Å². The number of thioether (sulfide) groups is 1. The Labute approximate surface area is 90.5 Å². The van der Waals surface area contributed by atoms with Gasteiger partial charge in [0.2, 0.25) is 0 Å². The Bertz CT molecular complexity index is 424. The first kappa shape index (κ1) is 10.0. The van der Waals surface area contributed by atoms with Crippen LogP contribution in [0, 0.1) is 5.82 Å². The fourth-order valence-electron chi connectivity index (χ4n) is 1.14. The number of anilines is 1. The van der Waals surface area contributed by atoms with Gasteiger partial charge in [0.1, 0.15) is 12.1 Å². The van der Waals surface area contributed by atoms with Crippen LogP contribution in [0.15, 0.2) is 40.3 Å². The highest BCUT2D eigenvalue weighted by atomic mass is 32.2. The maximum absolute atomic E-state index is 13.3. The lowest BCUT2D eigenvalue weighted by molar-refractivity contribution is 0.454. The third-order valence-corrected chi connectivity index (χ3v) is 2.79. The molecule has 1 aromatic heterocycles. The lowest BCUT2D eigenvalue weighted by Gasteiger charge is -2.04. The molecule has 2 N–H and O–H groups in total. The number of rotatable bonds is 3. The molecule has 0 radical (unpaired) electrons. The Morgan fingerprint density at radius 2 is 2.33 bits per heavy atom. The molecule has 0 unspecified atom stereocenters. The Hall–Kier alpha value is -1.49. The fourth-order valence-corrected chi connectivity index (χ4v) is 1.97. The van der Waals surface area contributed by atoms with E-state index in [4.69, 9.17) is 10.2 Å². The predicted octanol–water partition coefficient (Wildman–Crippen LogP) is 2.69. The van der Waals surface area contributed by atoms with E-state index in [2.05, 4.69) is 4.98 Å². The highest BCUT2D eigenvalue weighted by molar-refractivity contribution is 7.98. The van der Waals surface area contributed by atoms with E-state index in [9.17, 15) is 4.39 Å². The molecule has 0 aliphatic carbocycles. The molecule has 0 bridgehead atoms. The highest BCUT2D eigenvalue weighted by Gasteiger charge is 2.07. The van der Waals surface area contributed by atoms with E-state index < -0.39 is 0 Å². The normalized spacial score (nSPS) is 10.5. The maximum atomic E-state index is 13.3. The second kappa shape index (κ2) is 4.35. The molecule has 1 heterocycles. The first-order valence-corrected chi connectivity index (χ1v) is 5.31. The topological polar surface area (TPSA) is 52.0 Å². The average molecular weight is 224 g/mol. The smallest absolute Gasteiger partial charge is 0.255 e. The number of hydrogen-bond donors (Lipinski definition) is 1. The summed E-state index contributed by atoms with van der Waals surface area (Å²) >= 11 is 1.31. The fraction of sp³-hybridized carbons (Fsp3) is 0.100. The third-order valence-electron chi connectivity index (χ3n) is 1.90. The van der Waals surface area contributed by atoms with Crippen molar-refractivity contribution in [2.45, 2.75) is 11.0 Å². The predicted molar refractivity (Wildman–Crippen MR) is 56.9 cm³/mol. The summed E-state index contributed by atoms with van der Waals surface area (Å²) in [6, 6.07) is 4.65. The third kappa shape index (κ3) is 2.30. The van der Waals surface area contributed by atoms with Crippen molar-refractivity contribution in [3.05, 3.63) is 42.0 Å². The van der Waals surface area contributed by atoms with Crippen LogP contribution in [0.25, 0.3) is 0 Å². The molecular weight excluding hydrogens is 215 g/mol. The minimum Gasteiger partial charge on any atom is -0.440 e. The summed E-state index contributed by atoms with van der Waals surface area (Å²) < 4.78 is 18.4. The molecule has 78 valence electrons. The zero-order valence-electron chi connectivity index (χ0n) is 7.81. The summed E-state index contributed by atoms with van der Waals surface area (Å²) in [6.45, 7) is 0. The van der Waals surface area contributed by atoms with Gasteiger partial charge >= 0.3 is 0 Å². The molecule has 1 aromatic carbocycles. The standard InChI is InChI=1S/C10H9FN2OS/c11-8-2-1-3-9(12)7(8)6-15-10-13-4-5-14-10/h1-5H,6,12H2. The molecule has 2 aromatic rings. The molecule has 0 fully saturated rings. The van der Waals surface area contributed by atoms with Gasteiger partial charge in [-0.1, -0.05) is 17.8 Å². The zero-order valence-corrected chi connectivity index (χ0v) is 8.63. The van der Waals surface area contributed by atoms with Crippen LogP contribution in [-0.4, -0.2) is 4.98 Å². The maximum Gasteiger partial charge on any atom is 0.255 e. The molecule has 2 rings (SSSR count). The first-order valence-electron chi connectivity index (χ1n) is 4.32. The van der Waals surface area contributed by atoms with Gasteiger partial charge in [-0.25, -0.2) is 9.37 Å². The zero-order chi connectivity index (χ0) is 10.7. The van der Waals surface area contributed by atoms with Crippen LogP contribution < -0.4 is 5.73 Å². The van der Waals surface area contributed by atoms with Crippen molar-refractivity contribution < 1.29 is 8.81 Å². The van der Waals surface area contributed by atoms with Gasteiger partial charge in [-0.15, -0.1) is 0 Å². The minimum atomic E-state index is -0.297. The summed E-state index contributed by atoms with van der Waals surface area (Å²) in [5.74, 6) is 0.119. The quantitative estimate of drug-likeness (QED) is 0.643. The van der Waals surface area contributed by atoms with Gasteiger partial charge in [0.05, 0.1) is 6.20 Å². The molecule has 0 spiro atoms. The molecule has 0 atom stereocenters. The van der Waals surface area contributed by atoms with Crippen molar-refractivity contribution in [3.63, 3.8) is 0 Å². The van der Waals surface area contributed by atoms with Crippen molar-refractivity contribution in [1.82, 2.24) is 4.98 Å². The molecule has 0 saturated heterocycles. The van der Waals surface area contributed by atoms with E-state index in [-0.39, 0.29) is 5.82 Å². The van der Waals surface area contributed by atoms with Crippen molar-refractivity contribution >= 4 is 17.4 Å². The van der Waals surface area contributed by atoms with Crippen molar-refractivity contribution in [3.8, 4) is 0 Å². The summed E-state index contributed by atoms with van der Waals surface area (Å²) in [5.41, 5.74) is 6.60. The van der Waals surface area contributed by atoms with E-state index in [1.807, 2.05) is 0 Å². The number of aromatic nitrogens is 1. The van der Waals surface area contributed by atoms with Gasteiger partial charge in [-0.3, -0.25) is 0 Å². The van der Waals surface area contributed by atoms with Crippen LogP contribution in [0.2, 0.25) is 0 Å². The Morgan fingerprint density at radius 3 is 3.00 bits per heavy atom. The molecule has 5 heteroatoms. The largest absolute Gasteiger partial charge is 0.440 e. The number of benzene rings is 1. The number of nitrogens with zero attached hydrogens (tertiary/aromatic N) is 1. The first-order chi connectivity index (χ1) is 7.27. The van der Waals surface area contributed by atoms with Crippen molar-refractivity contribution in [2.75, 3.05) is 5.73 Å². The Balaban J connectivity index is 2.11. The SMILES string of the molecule is Nc1cccc(F)c1CSc1ncco1. The van der Waals surface area contributed by atoms with Crippen LogP contribution in [-0.2, 0) is 5.75 Å². The van der Waals surface area contributed by atoms with Gasteiger partial charge in [-0.2, -0.15) is 0 Å². The minimum absolute atomic E-state index is 0.297. The summed E-state index contributed by atoms with van der Waals surface area (Å²) in [7, 11) is 0. The van der Waals surface area contributed by atoms with Gasteiger partial charge < -0.3 is 10.2 Å². The summed E-state index contributed by atoms with van der Waals surface area (Å²) in [5, 5.41) is 0.512. The Kier molecular flexibility index (Phi) is 2.91. The van der Waals surface area contributed by atoms with Gasteiger partial charge in [0.15, 0.2) is 0 Å². The lowest BCUT2D eigenvalue weighted by Crippen LogP contribution is -1.96. The number of nitrogen functional groups attached to an aromatic ring is 1. The molecule has 0 amide bonds. The molecule has 0 aliphatic rings.